The van der Waals surface area contributed by atoms with Crippen LogP contribution in [0.1, 0.15) is 113 Å². The zero-order valence-corrected chi connectivity index (χ0v) is 16.7. The van der Waals surface area contributed by atoms with Crippen LogP contribution in [-0.2, 0) is 12.8 Å². The fourth-order valence-corrected chi connectivity index (χ4v) is 4.02. The Morgan fingerprint density at radius 3 is 1.61 bits per heavy atom. The Morgan fingerprint density at radius 2 is 1.22 bits per heavy atom. The van der Waals surface area contributed by atoms with Crippen molar-refractivity contribution in [1.82, 2.24) is 0 Å². The van der Waals surface area contributed by atoms with E-state index in [2.05, 4.69) is 47.6 Å². The lowest BCUT2D eigenvalue weighted by Gasteiger charge is -2.23. The van der Waals surface area contributed by atoms with Crippen molar-refractivity contribution in [3.63, 3.8) is 0 Å². The highest BCUT2D eigenvalue weighted by molar-refractivity contribution is 5.47. The van der Waals surface area contributed by atoms with Crippen molar-refractivity contribution < 1.29 is 0 Å². The molecule has 0 heterocycles. The van der Waals surface area contributed by atoms with Crippen molar-refractivity contribution >= 4 is 0 Å². The zero-order valence-electron chi connectivity index (χ0n) is 16.7. The third-order valence-electron chi connectivity index (χ3n) is 5.43. The fourth-order valence-electron chi connectivity index (χ4n) is 4.02. The van der Waals surface area contributed by atoms with Gasteiger partial charge in [0.15, 0.2) is 0 Å². The van der Waals surface area contributed by atoms with Gasteiger partial charge in [-0.25, -0.2) is 0 Å². The maximum absolute atomic E-state index is 2.55. The molecule has 132 valence electrons. The number of benzene rings is 1. The van der Waals surface area contributed by atoms with Gasteiger partial charge in [0.2, 0.25) is 0 Å². The molecule has 0 N–H and O–H groups in total. The van der Waals surface area contributed by atoms with Crippen LogP contribution < -0.4 is 0 Å². The maximum Gasteiger partial charge on any atom is -0.0185 e. The van der Waals surface area contributed by atoms with Gasteiger partial charge in [-0.2, -0.15) is 0 Å². The minimum absolute atomic E-state index is 0.705. The second-order valence-electron chi connectivity index (χ2n) is 7.46. The van der Waals surface area contributed by atoms with E-state index in [9.17, 15) is 0 Å². The van der Waals surface area contributed by atoms with Crippen LogP contribution in [0.15, 0.2) is 6.07 Å². The molecule has 0 fully saturated rings. The van der Waals surface area contributed by atoms with Crippen molar-refractivity contribution in [3.05, 3.63) is 33.9 Å². The Morgan fingerprint density at radius 1 is 0.739 bits per heavy atom. The number of rotatable bonds is 11. The third-order valence-corrected chi connectivity index (χ3v) is 5.43. The van der Waals surface area contributed by atoms with Crippen LogP contribution in [0, 0.1) is 13.8 Å². The minimum Gasteiger partial charge on any atom is -0.0654 e. The molecule has 0 aliphatic rings. The predicted octanol–water partition coefficient (Wildman–Crippen LogP) is 7.67. The molecule has 0 spiro atoms. The highest BCUT2D eigenvalue weighted by atomic mass is 14.2. The molecule has 0 bridgehead atoms. The first-order valence-electron chi connectivity index (χ1n) is 10.2. The number of hydrogen-bond acceptors (Lipinski definition) is 0. The largest absolute Gasteiger partial charge is 0.0654 e. The molecule has 0 aliphatic carbocycles. The van der Waals surface area contributed by atoms with Gasteiger partial charge in [0.25, 0.3) is 0 Å². The van der Waals surface area contributed by atoms with E-state index in [1.807, 2.05) is 0 Å². The van der Waals surface area contributed by atoms with E-state index in [-0.39, 0.29) is 0 Å². The summed E-state index contributed by atoms with van der Waals surface area (Å²) in [5, 5.41) is 0. The van der Waals surface area contributed by atoms with Crippen LogP contribution in [0.4, 0.5) is 0 Å². The Labute approximate surface area is 146 Å². The summed E-state index contributed by atoms with van der Waals surface area (Å²) in [6.45, 7) is 14.1. The summed E-state index contributed by atoms with van der Waals surface area (Å²) in [7, 11) is 0. The SMILES string of the molecule is CCCCCc1cc(CCCCC)c(C)c(C(C)CCC)c1C. The molecule has 0 saturated heterocycles. The van der Waals surface area contributed by atoms with Gasteiger partial charge >= 0.3 is 0 Å². The van der Waals surface area contributed by atoms with Crippen molar-refractivity contribution in [1.29, 1.82) is 0 Å². The molecular weight excluding hydrogens is 276 g/mol. The smallest absolute Gasteiger partial charge is 0.0185 e. The van der Waals surface area contributed by atoms with Gasteiger partial charge in [0.05, 0.1) is 0 Å². The van der Waals surface area contributed by atoms with Gasteiger partial charge in [-0.15, -0.1) is 0 Å². The van der Waals surface area contributed by atoms with Crippen molar-refractivity contribution in [3.8, 4) is 0 Å². The van der Waals surface area contributed by atoms with Crippen LogP contribution in [-0.4, -0.2) is 0 Å². The van der Waals surface area contributed by atoms with Crippen LogP contribution in [0.2, 0.25) is 0 Å². The highest BCUT2D eigenvalue weighted by Gasteiger charge is 2.16. The summed E-state index contributed by atoms with van der Waals surface area (Å²) in [6, 6.07) is 2.55. The molecule has 0 heteroatoms. The first kappa shape index (κ1) is 20.3. The normalized spacial score (nSPS) is 12.6. The molecule has 1 atom stereocenters. The number of hydrogen-bond donors (Lipinski definition) is 0. The summed E-state index contributed by atoms with van der Waals surface area (Å²) in [5.41, 5.74) is 8.13. The van der Waals surface area contributed by atoms with Gasteiger partial charge in [-0.3, -0.25) is 0 Å². The van der Waals surface area contributed by atoms with E-state index >= 15 is 0 Å². The van der Waals surface area contributed by atoms with Gasteiger partial charge < -0.3 is 0 Å². The van der Waals surface area contributed by atoms with Crippen LogP contribution in [0.5, 0.6) is 0 Å². The van der Waals surface area contributed by atoms with E-state index in [4.69, 9.17) is 0 Å². The molecule has 1 unspecified atom stereocenters. The molecule has 0 aromatic heterocycles. The summed E-state index contributed by atoms with van der Waals surface area (Å²) < 4.78 is 0. The highest BCUT2D eigenvalue weighted by Crippen LogP contribution is 2.33. The van der Waals surface area contributed by atoms with Gasteiger partial charge in [-0.05, 0) is 79.7 Å². The zero-order chi connectivity index (χ0) is 17.2. The standard InChI is InChI=1S/C23H40/c1-7-10-12-15-21-17-22(16-13-11-8-2)20(6)23(19(21)5)18(4)14-9-3/h17-18H,7-16H2,1-6H3. The van der Waals surface area contributed by atoms with E-state index < -0.39 is 0 Å². The van der Waals surface area contributed by atoms with E-state index in [1.165, 1.54) is 64.2 Å². The molecule has 0 saturated carbocycles. The van der Waals surface area contributed by atoms with Crippen molar-refractivity contribution in [2.75, 3.05) is 0 Å². The van der Waals surface area contributed by atoms with Crippen LogP contribution in [0.3, 0.4) is 0 Å². The Bertz CT molecular complexity index is 421. The average Bonchev–Trinajstić information content (AvgIpc) is 2.52. The molecule has 0 nitrogen and oxygen atoms in total. The quantitative estimate of drug-likeness (QED) is 0.367. The van der Waals surface area contributed by atoms with E-state index in [0.29, 0.717) is 5.92 Å². The Hall–Kier alpha value is -0.780. The van der Waals surface area contributed by atoms with E-state index in [0.717, 1.165) is 0 Å². The Kier molecular flexibility index (Phi) is 9.60. The third kappa shape index (κ3) is 5.98. The van der Waals surface area contributed by atoms with Gasteiger partial charge in [-0.1, -0.05) is 65.9 Å². The monoisotopic (exact) mass is 316 g/mol. The molecule has 23 heavy (non-hydrogen) atoms. The Balaban J connectivity index is 3.12. The summed E-state index contributed by atoms with van der Waals surface area (Å²) in [5.74, 6) is 0.705. The molecule has 1 aromatic carbocycles. The van der Waals surface area contributed by atoms with Crippen LogP contribution >= 0.6 is 0 Å². The minimum atomic E-state index is 0.705. The van der Waals surface area contributed by atoms with Gasteiger partial charge in [0.1, 0.15) is 0 Å². The molecule has 0 radical (unpaired) electrons. The second kappa shape index (κ2) is 10.9. The summed E-state index contributed by atoms with van der Waals surface area (Å²) in [6.07, 6.45) is 13.2. The lowest BCUT2D eigenvalue weighted by molar-refractivity contribution is 0.649. The lowest BCUT2D eigenvalue weighted by Crippen LogP contribution is -2.07. The summed E-state index contributed by atoms with van der Waals surface area (Å²) in [4.78, 5) is 0. The summed E-state index contributed by atoms with van der Waals surface area (Å²) >= 11 is 0. The number of aryl methyl sites for hydroxylation is 2. The van der Waals surface area contributed by atoms with Crippen molar-refractivity contribution in [2.45, 2.75) is 112 Å². The molecular formula is C23H40. The first-order valence-corrected chi connectivity index (χ1v) is 10.2. The van der Waals surface area contributed by atoms with Crippen molar-refractivity contribution in [2.24, 2.45) is 0 Å². The first-order chi connectivity index (χ1) is 11.1. The molecule has 1 aromatic rings. The topological polar surface area (TPSA) is 0 Å². The fraction of sp³-hybridized carbons (Fsp3) is 0.739. The molecule has 0 amide bonds. The average molecular weight is 317 g/mol. The van der Waals surface area contributed by atoms with Gasteiger partial charge in [0, 0.05) is 0 Å². The second-order valence-corrected chi connectivity index (χ2v) is 7.46. The number of unbranched alkanes of at least 4 members (excludes halogenated alkanes) is 4. The lowest BCUT2D eigenvalue weighted by atomic mass is 9.82. The maximum atomic E-state index is 2.55. The predicted molar refractivity (Wildman–Crippen MR) is 106 cm³/mol. The van der Waals surface area contributed by atoms with E-state index in [1.54, 1.807) is 27.8 Å². The van der Waals surface area contributed by atoms with Crippen LogP contribution in [0.25, 0.3) is 0 Å². The molecule has 1 rings (SSSR count). The molecule has 0 aliphatic heterocycles.